The topological polar surface area (TPSA) is 52.1 Å². The van der Waals surface area contributed by atoms with Gasteiger partial charge in [-0.25, -0.2) is 0 Å². The monoisotopic (exact) mass is 531 g/mol. The van der Waals surface area contributed by atoms with Crippen LogP contribution in [0.2, 0.25) is 0 Å². The van der Waals surface area contributed by atoms with Crippen molar-refractivity contribution >= 4 is 29.9 Å². The van der Waals surface area contributed by atoms with Gasteiger partial charge in [-0.1, -0.05) is 30.3 Å². The van der Waals surface area contributed by atoms with Gasteiger partial charge in [-0.15, -0.1) is 24.0 Å². The number of nitrogens with zero attached hydrogens (tertiary/aromatic N) is 3. The third kappa shape index (κ3) is 12.1. The normalized spacial score (nSPS) is 15.6. The maximum absolute atomic E-state index is 5.36. The van der Waals surface area contributed by atoms with Crippen LogP contribution >= 0.6 is 24.0 Å². The quantitative estimate of drug-likeness (QED) is 0.177. The van der Waals surface area contributed by atoms with E-state index in [0.29, 0.717) is 0 Å². The molecule has 1 fully saturated rings. The summed E-state index contributed by atoms with van der Waals surface area (Å²) in [5, 5.41) is 6.80. The molecule has 6 nitrogen and oxygen atoms in total. The van der Waals surface area contributed by atoms with Crippen LogP contribution in [-0.4, -0.2) is 81.8 Å². The molecule has 30 heavy (non-hydrogen) atoms. The highest BCUT2D eigenvalue weighted by Gasteiger charge is 2.16. The molecule has 0 radical (unpaired) electrons. The first-order valence-electron chi connectivity index (χ1n) is 11.3. The van der Waals surface area contributed by atoms with Crippen molar-refractivity contribution < 1.29 is 4.74 Å². The number of hydrogen-bond acceptors (Lipinski definition) is 4. The fourth-order valence-corrected chi connectivity index (χ4v) is 3.58. The van der Waals surface area contributed by atoms with E-state index in [-0.39, 0.29) is 24.0 Å². The molecule has 7 heteroatoms. The summed E-state index contributed by atoms with van der Waals surface area (Å²) in [4.78, 5) is 9.47. The standard InChI is InChI=1S/C23H41N5O.HI/c1-3-29-20-10-8-14-26-23(24-2)25-13-7-9-15-27-16-18-28(19-17-27)21-22-11-5-4-6-12-22;/h4-6,11-12H,3,7-10,13-21H2,1-2H3,(H2,24,25,26);1H. The van der Waals surface area contributed by atoms with Gasteiger partial charge in [-0.2, -0.15) is 0 Å². The van der Waals surface area contributed by atoms with Crippen molar-refractivity contribution in [3.63, 3.8) is 0 Å². The highest BCUT2D eigenvalue weighted by molar-refractivity contribution is 14.0. The molecule has 172 valence electrons. The zero-order chi connectivity index (χ0) is 20.6. The van der Waals surface area contributed by atoms with E-state index in [4.69, 9.17) is 4.74 Å². The highest BCUT2D eigenvalue weighted by Crippen LogP contribution is 2.09. The van der Waals surface area contributed by atoms with E-state index in [1.807, 2.05) is 14.0 Å². The first kappa shape index (κ1) is 27.1. The average molecular weight is 532 g/mol. The predicted octanol–water partition coefficient (Wildman–Crippen LogP) is 3.18. The van der Waals surface area contributed by atoms with Crippen molar-refractivity contribution in [1.29, 1.82) is 0 Å². The van der Waals surface area contributed by atoms with Crippen molar-refractivity contribution in [2.45, 2.75) is 39.2 Å². The lowest BCUT2D eigenvalue weighted by Gasteiger charge is -2.34. The van der Waals surface area contributed by atoms with Crippen molar-refractivity contribution in [2.24, 2.45) is 4.99 Å². The lowest BCUT2D eigenvalue weighted by molar-refractivity contribution is 0.126. The van der Waals surface area contributed by atoms with Gasteiger partial charge in [0.05, 0.1) is 0 Å². The van der Waals surface area contributed by atoms with Gasteiger partial charge in [-0.05, 0) is 44.7 Å². The van der Waals surface area contributed by atoms with Crippen LogP contribution in [0, 0.1) is 0 Å². The first-order valence-corrected chi connectivity index (χ1v) is 11.3. The molecular weight excluding hydrogens is 489 g/mol. The molecule has 2 rings (SSSR count). The van der Waals surface area contributed by atoms with Gasteiger partial charge < -0.3 is 20.3 Å². The number of benzene rings is 1. The van der Waals surface area contributed by atoms with Crippen molar-refractivity contribution in [1.82, 2.24) is 20.4 Å². The molecular formula is C23H42IN5O. The maximum atomic E-state index is 5.36. The number of halogens is 1. The van der Waals surface area contributed by atoms with E-state index in [0.717, 1.165) is 51.6 Å². The van der Waals surface area contributed by atoms with E-state index < -0.39 is 0 Å². The molecule has 1 heterocycles. The maximum Gasteiger partial charge on any atom is 0.190 e. The van der Waals surface area contributed by atoms with Crippen LogP contribution in [-0.2, 0) is 11.3 Å². The lowest BCUT2D eigenvalue weighted by atomic mass is 10.2. The molecule has 1 aliphatic heterocycles. The fourth-order valence-electron chi connectivity index (χ4n) is 3.58. The molecule has 1 aliphatic rings. The van der Waals surface area contributed by atoms with Gasteiger partial charge in [0.25, 0.3) is 0 Å². The highest BCUT2D eigenvalue weighted by atomic mass is 127. The summed E-state index contributed by atoms with van der Waals surface area (Å²) in [5.41, 5.74) is 1.42. The van der Waals surface area contributed by atoms with Gasteiger partial charge in [0.1, 0.15) is 0 Å². The number of ether oxygens (including phenoxy) is 1. The summed E-state index contributed by atoms with van der Waals surface area (Å²) < 4.78 is 5.36. The summed E-state index contributed by atoms with van der Waals surface area (Å²) in [6.45, 7) is 12.6. The Morgan fingerprint density at radius 3 is 2.20 bits per heavy atom. The SMILES string of the molecule is CCOCCCCNC(=NC)NCCCCN1CCN(Cc2ccccc2)CC1.I. The Bertz CT molecular complexity index is 550. The average Bonchev–Trinajstić information content (AvgIpc) is 2.76. The number of guanidine groups is 1. The summed E-state index contributed by atoms with van der Waals surface area (Å²) in [7, 11) is 1.84. The largest absolute Gasteiger partial charge is 0.382 e. The van der Waals surface area contributed by atoms with E-state index in [1.54, 1.807) is 0 Å². The Morgan fingerprint density at radius 2 is 1.57 bits per heavy atom. The third-order valence-corrected chi connectivity index (χ3v) is 5.34. The minimum Gasteiger partial charge on any atom is -0.382 e. The summed E-state index contributed by atoms with van der Waals surface area (Å²) in [6, 6.07) is 10.8. The Hall–Kier alpha value is -0.900. The predicted molar refractivity (Wildman–Crippen MR) is 138 cm³/mol. The van der Waals surface area contributed by atoms with Crippen LogP contribution < -0.4 is 10.6 Å². The molecule has 1 saturated heterocycles. The molecule has 0 spiro atoms. The molecule has 2 N–H and O–H groups in total. The molecule has 0 aromatic heterocycles. The third-order valence-electron chi connectivity index (χ3n) is 5.34. The molecule has 0 bridgehead atoms. The van der Waals surface area contributed by atoms with Gasteiger partial charge in [0, 0.05) is 66.1 Å². The summed E-state index contributed by atoms with van der Waals surface area (Å²) >= 11 is 0. The molecule has 0 unspecified atom stereocenters. The minimum atomic E-state index is 0. The summed E-state index contributed by atoms with van der Waals surface area (Å²) in [5.74, 6) is 0.913. The van der Waals surface area contributed by atoms with E-state index >= 15 is 0 Å². The molecule has 0 amide bonds. The second-order valence-corrected chi connectivity index (χ2v) is 7.64. The van der Waals surface area contributed by atoms with Gasteiger partial charge in [0.2, 0.25) is 0 Å². The van der Waals surface area contributed by atoms with E-state index in [1.165, 1.54) is 51.1 Å². The number of rotatable bonds is 13. The molecule has 1 aromatic carbocycles. The van der Waals surface area contributed by atoms with Crippen molar-refractivity contribution in [3.05, 3.63) is 35.9 Å². The lowest BCUT2D eigenvalue weighted by Crippen LogP contribution is -2.46. The zero-order valence-corrected chi connectivity index (χ0v) is 21.3. The zero-order valence-electron chi connectivity index (χ0n) is 18.9. The van der Waals surface area contributed by atoms with Gasteiger partial charge >= 0.3 is 0 Å². The second kappa shape index (κ2) is 17.7. The Morgan fingerprint density at radius 1 is 0.933 bits per heavy atom. The van der Waals surface area contributed by atoms with Crippen LogP contribution in [0.3, 0.4) is 0 Å². The van der Waals surface area contributed by atoms with Crippen LogP contribution in [0.4, 0.5) is 0 Å². The Kier molecular flexibility index (Phi) is 16.1. The summed E-state index contributed by atoms with van der Waals surface area (Å²) in [6.07, 6.45) is 4.61. The molecule has 1 aromatic rings. The Balaban J connectivity index is 0.00000450. The number of nitrogens with one attached hydrogen (secondary N) is 2. The molecule has 0 atom stereocenters. The van der Waals surface area contributed by atoms with Crippen LogP contribution in [0.15, 0.2) is 35.3 Å². The minimum absolute atomic E-state index is 0. The number of piperazine rings is 1. The smallest absolute Gasteiger partial charge is 0.190 e. The molecule has 0 saturated carbocycles. The van der Waals surface area contributed by atoms with Crippen molar-refractivity contribution in [2.75, 3.05) is 66.1 Å². The fraction of sp³-hybridized carbons (Fsp3) is 0.696. The van der Waals surface area contributed by atoms with Crippen LogP contribution in [0.1, 0.15) is 38.2 Å². The van der Waals surface area contributed by atoms with Crippen LogP contribution in [0.25, 0.3) is 0 Å². The number of aliphatic imine (C=N–C) groups is 1. The second-order valence-electron chi connectivity index (χ2n) is 7.64. The van der Waals surface area contributed by atoms with Gasteiger partial charge in [0.15, 0.2) is 5.96 Å². The van der Waals surface area contributed by atoms with E-state index in [2.05, 4.69) is 55.8 Å². The van der Waals surface area contributed by atoms with Crippen LogP contribution in [0.5, 0.6) is 0 Å². The van der Waals surface area contributed by atoms with Crippen molar-refractivity contribution in [3.8, 4) is 0 Å². The van der Waals surface area contributed by atoms with E-state index in [9.17, 15) is 0 Å². The molecule has 0 aliphatic carbocycles. The number of hydrogen-bond donors (Lipinski definition) is 2. The van der Waals surface area contributed by atoms with Gasteiger partial charge in [-0.3, -0.25) is 9.89 Å². The first-order chi connectivity index (χ1) is 14.3. The number of unbranched alkanes of at least 4 members (excludes halogenated alkanes) is 2. The Labute approximate surface area is 200 Å².